The summed E-state index contributed by atoms with van der Waals surface area (Å²) >= 11 is 0. The van der Waals surface area contributed by atoms with Crippen LogP contribution in [0.25, 0.3) is 0 Å². The summed E-state index contributed by atoms with van der Waals surface area (Å²) in [6.45, 7) is 4.00. The van der Waals surface area contributed by atoms with Crippen molar-refractivity contribution < 1.29 is 49.7 Å². The third kappa shape index (κ3) is 3.88. The lowest BCUT2D eigenvalue weighted by atomic mass is 9.41. The number of aliphatic hydroxyl groups excluding tert-OH is 3. The maximum Gasteiger partial charge on any atom is 0.331 e. The minimum atomic E-state index is -1.43. The number of cyclic esters (lactones) is 1. The minimum Gasteiger partial charge on any atom is -0.458 e. The van der Waals surface area contributed by atoms with Crippen LogP contribution in [0.15, 0.2) is 16.8 Å². The van der Waals surface area contributed by atoms with E-state index in [1.165, 1.54) is 6.21 Å². The molecule has 4 saturated carbocycles. The van der Waals surface area contributed by atoms with Crippen LogP contribution in [0.3, 0.4) is 0 Å². The topological polar surface area (TPSA) is 178 Å². The van der Waals surface area contributed by atoms with Gasteiger partial charge in [0.2, 0.25) is 0 Å². The predicted molar refractivity (Wildman–Crippen MR) is 139 cm³/mol. The monoisotopic (exact) mass is 565 g/mol. The molecule has 1 saturated heterocycles. The maximum atomic E-state index is 12.4. The molecule has 4 aliphatic carbocycles. The van der Waals surface area contributed by atoms with Crippen molar-refractivity contribution >= 4 is 12.2 Å². The molecular weight excluding hydrogens is 522 g/mol. The molecule has 0 amide bonds. The van der Waals surface area contributed by atoms with Crippen molar-refractivity contribution in [3.63, 3.8) is 0 Å². The van der Waals surface area contributed by atoms with Crippen LogP contribution < -0.4 is 0 Å². The van der Waals surface area contributed by atoms with E-state index in [1.54, 1.807) is 13.0 Å². The van der Waals surface area contributed by atoms with Crippen molar-refractivity contribution in [3.05, 3.63) is 11.6 Å². The molecule has 224 valence electrons. The van der Waals surface area contributed by atoms with E-state index in [4.69, 9.17) is 14.2 Å². The average molecular weight is 566 g/mol. The number of rotatable bonds is 4. The van der Waals surface area contributed by atoms with Gasteiger partial charge in [0.05, 0.1) is 29.6 Å². The maximum absolute atomic E-state index is 12.4. The first-order valence-corrected chi connectivity index (χ1v) is 14.7. The van der Waals surface area contributed by atoms with Gasteiger partial charge in [0, 0.05) is 23.3 Å². The normalized spacial score (nSPS) is 54.4. The second-order valence-corrected chi connectivity index (χ2v) is 13.5. The van der Waals surface area contributed by atoms with Crippen LogP contribution in [0.4, 0.5) is 0 Å². The molecule has 11 heteroatoms. The van der Waals surface area contributed by atoms with Crippen molar-refractivity contribution in [1.82, 2.24) is 0 Å². The lowest BCUT2D eigenvalue weighted by Crippen LogP contribution is -2.69. The Bertz CT molecular complexity index is 1080. The Hall–Kier alpha value is -1.60. The van der Waals surface area contributed by atoms with Crippen molar-refractivity contribution in [1.29, 1.82) is 0 Å². The summed E-state index contributed by atoms with van der Waals surface area (Å²) < 4.78 is 16.9. The Labute approximate surface area is 233 Å². The van der Waals surface area contributed by atoms with Gasteiger partial charge in [-0.25, -0.2) is 4.79 Å². The highest BCUT2D eigenvalue weighted by Crippen LogP contribution is 2.70. The average Bonchev–Trinajstić information content (AvgIpc) is 3.46. The first-order chi connectivity index (χ1) is 18.9. The van der Waals surface area contributed by atoms with Gasteiger partial charge >= 0.3 is 5.97 Å². The zero-order chi connectivity index (χ0) is 28.7. The smallest absolute Gasteiger partial charge is 0.331 e. The predicted octanol–water partition coefficient (Wildman–Crippen LogP) is 1.01. The number of carbonyl (C=O) groups is 1. The van der Waals surface area contributed by atoms with E-state index in [1.807, 2.05) is 0 Å². The summed E-state index contributed by atoms with van der Waals surface area (Å²) in [7, 11) is 0. The number of hydrogen-bond donors (Lipinski definition) is 6. The highest BCUT2D eigenvalue weighted by Gasteiger charge is 2.71. The Morgan fingerprint density at radius 1 is 1.00 bits per heavy atom. The fraction of sp³-hybridized carbons (Fsp3) is 0.862. The first kappa shape index (κ1) is 28.5. The van der Waals surface area contributed by atoms with E-state index in [0.717, 1.165) is 18.4 Å². The van der Waals surface area contributed by atoms with Gasteiger partial charge < -0.3 is 45.0 Å². The van der Waals surface area contributed by atoms with E-state index >= 15 is 0 Å². The molecular formula is C29H43NO10. The van der Waals surface area contributed by atoms with Gasteiger partial charge in [-0.1, -0.05) is 6.92 Å². The lowest BCUT2D eigenvalue weighted by molar-refractivity contribution is -0.316. The Kier molecular flexibility index (Phi) is 6.93. The Balaban J connectivity index is 1.24. The number of nitrogens with zero attached hydrogens (tertiary/aromatic N) is 1. The van der Waals surface area contributed by atoms with Crippen LogP contribution in [-0.2, 0) is 19.0 Å². The van der Waals surface area contributed by atoms with Gasteiger partial charge in [0.15, 0.2) is 6.29 Å². The largest absolute Gasteiger partial charge is 0.458 e. The van der Waals surface area contributed by atoms with Crippen LogP contribution in [-0.4, -0.2) is 97.5 Å². The van der Waals surface area contributed by atoms with Crippen molar-refractivity contribution in [2.45, 2.75) is 120 Å². The molecule has 13 atom stereocenters. The molecule has 40 heavy (non-hydrogen) atoms. The number of aliphatic hydroxyl groups is 5. The van der Waals surface area contributed by atoms with Gasteiger partial charge in [-0.2, -0.15) is 0 Å². The number of oxime groups is 1. The van der Waals surface area contributed by atoms with Crippen molar-refractivity contribution in [2.24, 2.45) is 33.7 Å². The van der Waals surface area contributed by atoms with E-state index in [2.05, 4.69) is 12.1 Å². The zero-order valence-electron chi connectivity index (χ0n) is 23.2. The molecule has 5 fully saturated rings. The minimum absolute atomic E-state index is 0.0514. The molecule has 0 radical (unpaired) electrons. The number of hydrogen-bond acceptors (Lipinski definition) is 11. The summed E-state index contributed by atoms with van der Waals surface area (Å²) in [5, 5.41) is 68.7. The Morgan fingerprint density at radius 2 is 1.75 bits per heavy atom. The molecule has 6 N–H and O–H groups in total. The number of fused-ring (bicyclic) bond motifs is 5. The van der Waals surface area contributed by atoms with Crippen molar-refractivity contribution in [2.75, 3.05) is 6.61 Å². The van der Waals surface area contributed by atoms with E-state index < -0.39 is 58.8 Å². The fourth-order valence-corrected chi connectivity index (χ4v) is 9.88. The van der Waals surface area contributed by atoms with Gasteiger partial charge in [0.1, 0.15) is 24.9 Å². The molecule has 6 rings (SSSR count). The van der Waals surface area contributed by atoms with Gasteiger partial charge in [-0.3, -0.25) is 0 Å². The highest BCUT2D eigenvalue weighted by molar-refractivity contribution is 5.85. The number of esters is 1. The molecule has 2 heterocycles. The quantitative estimate of drug-likeness (QED) is 0.0947. The SMILES string of the molecule is CC1OC(OC2CCC3(C=NO)C4CCC5(C)C(C6=CC(=O)OC6)CCC5(O)C4CCC3(O)C2)C(O)C(O)C1O. The number of ether oxygens (including phenoxy) is 3. The lowest BCUT2D eigenvalue weighted by Gasteiger charge is -2.65. The molecule has 0 aromatic heterocycles. The molecule has 11 nitrogen and oxygen atoms in total. The van der Waals surface area contributed by atoms with Gasteiger partial charge in [-0.15, -0.1) is 5.16 Å². The van der Waals surface area contributed by atoms with E-state index in [-0.39, 0.29) is 36.8 Å². The van der Waals surface area contributed by atoms with Crippen LogP contribution in [0, 0.1) is 28.6 Å². The highest BCUT2D eigenvalue weighted by atomic mass is 16.7. The molecule has 0 aromatic rings. The van der Waals surface area contributed by atoms with Crippen LogP contribution in [0.5, 0.6) is 0 Å². The molecule has 6 aliphatic rings. The fourth-order valence-electron chi connectivity index (χ4n) is 9.88. The standard InChI is InChI=1S/C29H43NO10/c1-15-22(32)23(33)24(34)25(39-15)40-17-3-8-27(14-30-37)19-4-7-26(2)18(16-11-21(31)38-13-16)6-10-29(26,36)20(19)5-9-28(27,35)12-17/h11,14-15,17-20,22-25,32-37H,3-10,12-13H2,1-2H3. The molecule has 0 aromatic carbocycles. The third-order valence-electron chi connectivity index (χ3n) is 12.0. The Morgan fingerprint density at radius 3 is 2.45 bits per heavy atom. The summed E-state index contributed by atoms with van der Waals surface area (Å²) in [5.74, 6) is -0.514. The first-order valence-electron chi connectivity index (χ1n) is 14.7. The molecule has 0 bridgehead atoms. The van der Waals surface area contributed by atoms with Crippen molar-refractivity contribution in [3.8, 4) is 0 Å². The second kappa shape index (κ2) is 9.72. The summed E-state index contributed by atoms with van der Waals surface area (Å²) in [5.41, 5.74) is -2.62. The van der Waals surface area contributed by atoms with Crippen LogP contribution >= 0.6 is 0 Å². The van der Waals surface area contributed by atoms with E-state index in [0.29, 0.717) is 38.5 Å². The zero-order valence-corrected chi connectivity index (χ0v) is 23.2. The van der Waals surface area contributed by atoms with Crippen LogP contribution in [0.1, 0.15) is 71.6 Å². The number of carbonyl (C=O) groups excluding carboxylic acids is 1. The third-order valence-corrected chi connectivity index (χ3v) is 12.0. The van der Waals surface area contributed by atoms with E-state index in [9.17, 15) is 35.5 Å². The molecule has 13 unspecified atom stereocenters. The molecule has 2 aliphatic heterocycles. The molecule has 0 spiro atoms. The summed E-state index contributed by atoms with van der Waals surface area (Å²) in [6, 6.07) is 0. The second-order valence-electron chi connectivity index (χ2n) is 13.5. The van der Waals surface area contributed by atoms with Gasteiger partial charge in [-0.05, 0) is 81.6 Å². The summed E-state index contributed by atoms with van der Waals surface area (Å²) in [6.07, 6.45) is 1.55. The van der Waals surface area contributed by atoms with Crippen LogP contribution in [0.2, 0.25) is 0 Å². The van der Waals surface area contributed by atoms with Gasteiger partial charge in [0.25, 0.3) is 0 Å². The summed E-state index contributed by atoms with van der Waals surface area (Å²) in [4.78, 5) is 11.8.